The number of hydrogen-bond acceptors (Lipinski definition) is 8. The molecule has 12 heteroatoms. The van der Waals surface area contributed by atoms with Crippen molar-refractivity contribution in [1.82, 2.24) is 9.13 Å². The molecule has 0 saturated heterocycles. The Morgan fingerprint density at radius 2 is 2.00 bits per heavy atom. The number of aromatic nitrogens is 2. The molecule has 2 N–H and O–H groups in total. The number of rotatable bonds is 9. The van der Waals surface area contributed by atoms with Crippen molar-refractivity contribution in [1.29, 1.82) is 0 Å². The Kier molecular flexibility index (Phi) is 6.40. The number of carboxylic acids is 2. The Morgan fingerprint density at radius 1 is 1.23 bits per heavy atom. The number of nitrogens with zero attached hydrogens (tertiary/aromatic N) is 2. The third kappa shape index (κ3) is 4.30. The average Bonchev–Trinajstić information content (AvgIpc) is 3.21. The fraction of sp³-hybridized carbons (Fsp3) is 0.222. The van der Waals surface area contributed by atoms with Gasteiger partial charge in [0.25, 0.3) is 5.56 Å². The molecule has 0 aliphatic carbocycles. The molecule has 0 aliphatic rings. The summed E-state index contributed by atoms with van der Waals surface area (Å²) in [6.45, 7) is -0.0942. The molecule has 1 aromatic carbocycles. The maximum absolute atomic E-state index is 13.1. The minimum Gasteiger partial charge on any atom is -0.481 e. The predicted molar refractivity (Wildman–Crippen MR) is 103 cm³/mol. The second kappa shape index (κ2) is 8.98. The van der Waals surface area contributed by atoms with E-state index in [0.29, 0.717) is 15.2 Å². The molecule has 3 aromatic rings. The summed E-state index contributed by atoms with van der Waals surface area (Å²) in [7, 11) is 1.30. The first-order valence-corrected chi connectivity index (χ1v) is 9.21. The van der Waals surface area contributed by atoms with Crippen LogP contribution in [0.1, 0.15) is 18.2 Å². The highest BCUT2D eigenvalue weighted by molar-refractivity contribution is 7.94. The first-order valence-electron chi connectivity index (χ1n) is 8.47. The molecule has 0 fully saturated rings. The first kappa shape index (κ1) is 21.4. The largest absolute Gasteiger partial charge is 0.481 e. The summed E-state index contributed by atoms with van der Waals surface area (Å²) in [5.41, 5.74) is -1.68. The van der Waals surface area contributed by atoms with E-state index in [0.717, 1.165) is 16.6 Å². The Labute approximate surface area is 172 Å². The molecule has 0 bridgehead atoms. The van der Waals surface area contributed by atoms with Gasteiger partial charge in [-0.15, -0.1) is 0 Å². The molecule has 158 valence electrons. The van der Waals surface area contributed by atoms with E-state index in [4.69, 9.17) is 13.9 Å². The van der Waals surface area contributed by atoms with Gasteiger partial charge >= 0.3 is 17.6 Å². The van der Waals surface area contributed by atoms with E-state index >= 15 is 0 Å². The van der Waals surface area contributed by atoms with Gasteiger partial charge in [-0.3, -0.25) is 14.2 Å². The molecule has 1 atom stereocenters. The van der Waals surface area contributed by atoms with Gasteiger partial charge in [-0.1, -0.05) is 0 Å². The number of furan rings is 1. The number of benzene rings is 1. The number of aliphatic carboxylic acids is 2. The Bertz CT molecular complexity index is 1200. The van der Waals surface area contributed by atoms with Crippen LogP contribution in [0.3, 0.4) is 0 Å². The third-order valence-corrected chi connectivity index (χ3v) is 4.85. The third-order valence-electron chi connectivity index (χ3n) is 4.20. The van der Waals surface area contributed by atoms with E-state index in [-0.39, 0.29) is 17.4 Å². The lowest BCUT2D eigenvalue weighted by atomic mass is 10.2. The molecular weight excluding hydrogens is 420 g/mol. The fourth-order valence-electron chi connectivity index (χ4n) is 2.94. The Hall–Kier alpha value is -3.35. The zero-order valence-corrected chi connectivity index (χ0v) is 16.3. The molecule has 0 amide bonds. The summed E-state index contributed by atoms with van der Waals surface area (Å²) >= 11 is 0.804. The quantitative estimate of drug-likeness (QED) is 0.287. The van der Waals surface area contributed by atoms with Gasteiger partial charge in [0.1, 0.15) is 11.8 Å². The molecule has 2 aromatic heterocycles. The van der Waals surface area contributed by atoms with Crippen LogP contribution in [0, 0.1) is 0 Å². The SMILES string of the molecule is COOSc1ccc2c(c1)c(=O)n([C@H](CC(=O)O)C(=O)O)c(=O)n2Cc1ccco1. The minimum atomic E-state index is -1.89. The van der Waals surface area contributed by atoms with E-state index in [2.05, 4.69) is 4.89 Å². The van der Waals surface area contributed by atoms with Gasteiger partial charge in [-0.2, -0.15) is 4.33 Å². The minimum absolute atomic E-state index is 0.00231. The first-order chi connectivity index (χ1) is 14.3. The number of fused-ring (bicyclic) bond motifs is 1. The highest BCUT2D eigenvalue weighted by atomic mass is 32.2. The lowest BCUT2D eigenvalue weighted by molar-refractivity contribution is -0.160. The molecule has 30 heavy (non-hydrogen) atoms. The zero-order chi connectivity index (χ0) is 21.8. The molecular formula is C18H16N2O9S. The van der Waals surface area contributed by atoms with Gasteiger partial charge in [0.05, 0.1) is 49.3 Å². The lowest BCUT2D eigenvalue weighted by Gasteiger charge is -2.17. The smallest absolute Gasteiger partial charge is 0.332 e. The van der Waals surface area contributed by atoms with Gasteiger partial charge < -0.3 is 14.6 Å². The van der Waals surface area contributed by atoms with Gasteiger partial charge in [-0.05, 0) is 30.3 Å². The van der Waals surface area contributed by atoms with Crippen LogP contribution in [-0.4, -0.2) is 38.4 Å². The highest BCUT2D eigenvalue weighted by Gasteiger charge is 2.28. The van der Waals surface area contributed by atoms with Gasteiger partial charge in [0.15, 0.2) is 0 Å². The second-order valence-corrected chi connectivity index (χ2v) is 6.85. The van der Waals surface area contributed by atoms with Gasteiger partial charge in [0, 0.05) is 4.90 Å². The van der Waals surface area contributed by atoms with E-state index < -0.39 is 35.7 Å². The van der Waals surface area contributed by atoms with Crippen LogP contribution in [0.5, 0.6) is 0 Å². The fourth-order valence-corrected chi connectivity index (χ4v) is 3.37. The van der Waals surface area contributed by atoms with Crippen molar-refractivity contribution < 1.29 is 33.4 Å². The van der Waals surface area contributed by atoms with Crippen LogP contribution >= 0.6 is 12.0 Å². The molecule has 0 unspecified atom stereocenters. The van der Waals surface area contributed by atoms with E-state index in [1.807, 2.05) is 0 Å². The molecule has 0 spiro atoms. The number of hydrogen-bond donors (Lipinski definition) is 2. The Morgan fingerprint density at radius 3 is 2.60 bits per heavy atom. The Balaban J connectivity index is 2.31. The summed E-state index contributed by atoms with van der Waals surface area (Å²) in [5.74, 6) is -2.70. The van der Waals surface area contributed by atoms with Crippen molar-refractivity contribution in [2.45, 2.75) is 23.9 Å². The summed E-state index contributed by atoms with van der Waals surface area (Å²) in [5, 5.41) is 18.6. The van der Waals surface area contributed by atoms with Crippen molar-refractivity contribution >= 4 is 34.9 Å². The molecule has 2 heterocycles. The van der Waals surface area contributed by atoms with Crippen LogP contribution < -0.4 is 11.2 Å². The highest BCUT2D eigenvalue weighted by Crippen LogP contribution is 2.23. The topological polar surface area (TPSA) is 150 Å². The zero-order valence-electron chi connectivity index (χ0n) is 15.5. The standard InChI is InChI=1S/C18H16N2O9S/c1-27-29-30-11-4-5-13-12(7-11)16(23)20(14(17(24)25)8-15(21)22)18(26)19(13)9-10-3-2-6-28-10/h2-7,14H,8-9H2,1H3,(H,21,22)(H,24,25)/t14-/m1/s1. The van der Waals surface area contributed by atoms with Crippen molar-refractivity contribution in [3.8, 4) is 0 Å². The van der Waals surface area contributed by atoms with E-state index in [1.165, 1.54) is 25.5 Å². The average molecular weight is 436 g/mol. The van der Waals surface area contributed by atoms with Crippen LogP contribution in [0.4, 0.5) is 0 Å². The predicted octanol–water partition coefficient (Wildman–Crippen LogP) is 1.49. The summed E-state index contributed by atoms with van der Waals surface area (Å²) in [4.78, 5) is 53.9. The molecule has 0 saturated carbocycles. The molecule has 0 radical (unpaired) electrons. The van der Waals surface area contributed by atoms with Crippen LogP contribution in [0.2, 0.25) is 0 Å². The summed E-state index contributed by atoms with van der Waals surface area (Å²) in [6.07, 6.45) is 0.456. The monoisotopic (exact) mass is 436 g/mol. The number of carbonyl (C=O) groups is 2. The van der Waals surface area contributed by atoms with Crippen LogP contribution in [0.25, 0.3) is 10.9 Å². The van der Waals surface area contributed by atoms with Crippen molar-refractivity contribution in [2.75, 3.05) is 7.11 Å². The van der Waals surface area contributed by atoms with Gasteiger partial charge in [0.2, 0.25) is 0 Å². The summed E-state index contributed by atoms with van der Waals surface area (Å²) < 4.78 is 11.6. The van der Waals surface area contributed by atoms with Crippen molar-refractivity contribution in [3.05, 3.63) is 63.2 Å². The molecule has 11 nitrogen and oxygen atoms in total. The van der Waals surface area contributed by atoms with Crippen molar-refractivity contribution in [3.63, 3.8) is 0 Å². The molecule has 3 rings (SSSR count). The van der Waals surface area contributed by atoms with Crippen LogP contribution in [-0.2, 0) is 25.4 Å². The van der Waals surface area contributed by atoms with Crippen LogP contribution in [0.15, 0.2) is 55.5 Å². The van der Waals surface area contributed by atoms with E-state index in [1.54, 1.807) is 18.2 Å². The summed E-state index contributed by atoms with van der Waals surface area (Å²) in [6, 6.07) is 5.81. The maximum atomic E-state index is 13.1. The van der Waals surface area contributed by atoms with Crippen molar-refractivity contribution in [2.24, 2.45) is 0 Å². The normalized spacial score (nSPS) is 12.2. The van der Waals surface area contributed by atoms with Gasteiger partial charge in [-0.25, -0.2) is 19.0 Å². The second-order valence-electron chi connectivity index (χ2n) is 6.07. The number of carboxylic acid groups (broad SMARTS) is 2. The molecule has 0 aliphatic heterocycles. The maximum Gasteiger partial charge on any atom is 0.332 e. The lowest BCUT2D eigenvalue weighted by Crippen LogP contribution is -2.45. The van der Waals surface area contributed by atoms with E-state index in [9.17, 15) is 24.3 Å².